The Morgan fingerprint density at radius 1 is 1.00 bits per heavy atom. The van der Waals surface area contributed by atoms with Crippen molar-refractivity contribution in [1.82, 2.24) is 9.88 Å². The van der Waals surface area contributed by atoms with Crippen LogP contribution < -0.4 is 5.32 Å². The lowest BCUT2D eigenvalue weighted by Crippen LogP contribution is -2.43. The maximum absolute atomic E-state index is 13.3. The Balaban J connectivity index is 0.000000322. The van der Waals surface area contributed by atoms with Gasteiger partial charge in [-0.2, -0.15) is 10.2 Å². The highest BCUT2D eigenvalue weighted by Gasteiger charge is 2.29. The van der Waals surface area contributed by atoms with E-state index in [-0.39, 0.29) is 12.1 Å². The molecule has 1 saturated carbocycles. The van der Waals surface area contributed by atoms with Crippen molar-refractivity contribution in [1.29, 1.82) is 0 Å². The van der Waals surface area contributed by atoms with Crippen LogP contribution in [-0.4, -0.2) is 60.1 Å². The molecule has 5 nitrogen and oxygen atoms in total. The van der Waals surface area contributed by atoms with Crippen molar-refractivity contribution in [3.8, 4) is 0 Å². The van der Waals surface area contributed by atoms with Gasteiger partial charge in [0.05, 0.1) is 5.71 Å². The number of pyridine rings is 1. The number of alkyl halides is 3. The molecule has 0 amide bonds. The van der Waals surface area contributed by atoms with Crippen molar-refractivity contribution < 1.29 is 13.2 Å². The average molecular weight is 564 g/mol. The summed E-state index contributed by atoms with van der Waals surface area (Å²) in [5, 5.41) is 11.2. The molecule has 0 bridgehead atoms. The number of nitrogens with zero attached hydrogens (tertiary/aromatic N) is 4. The van der Waals surface area contributed by atoms with Crippen LogP contribution >= 0.6 is 11.6 Å². The highest BCUT2D eigenvalue weighted by molar-refractivity contribution is 6.30. The third-order valence-electron chi connectivity index (χ3n) is 7.46. The van der Waals surface area contributed by atoms with Gasteiger partial charge in [0.2, 0.25) is 0 Å². The SMILES string of the molecule is CC.CNc1cccc(Cl)c1.FC1CCC(N2CCC(Cc3ccc(C4=NN=C(C(F)F)C4)cn3)CC2)CC1. The number of aromatic nitrogens is 1. The molecule has 39 heavy (non-hydrogen) atoms. The molecular formula is C30H41ClF3N5. The van der Waals surface area contributed by atoms with Crippen molar-refractivity contribution in [2.24, 2.45) is 16.1 Å². The fourth-order valence-corrected chi connectivity index (χ4v) is 5.42. The Bertz CT molecular complexity index is 1060. The molecule has 5 rings (SSSR count). The molecule has 2 aliphatic heterocycles. The van der Waals surface area contributed by atoms with E-state index in [0.29, 0.717) is 17.7 Å². The fraction of sp³-hybridized carbons (Fsp3) is 0.567. The summed E-state index contributed by atoms with van der Waals surface area (Å²) in [7, 11) is 1.87. The molecule has 214 valence electrons. The van der Waals surface area contributed by atoms with Crippen LogP contribution in [0.25, 0.3) is 0 Å². The van der Waals surface area contributed by atoms with Crippen LogP contribution in [0.3, 0.4) is 0 Å². The van der Waals surface area contributed by atoms with E-state index in [4.69, 9.17) is 11.6 Å². The minimum absolute atomic E-state index is 0.0987. The lowest BCUT2D eigenvalue weighted by atomic mass is 9.87. The number of benzene rings is 1. The van der Waals surface area contributed by atoms with E-state index in [0.717, 1.165) is 80.0 Å². The monoisotopic (exact) mass is 563 g/mol. The van der Waals surface area contributed by atoms with E-state index < -0.39 is 12.6 Å². The number of rotatable bonds is 6. The predicted molar refractivity (Wildman–Crippen MR) is 156 cm³/mol. The summed E-state index contributed by atoms with van der Waals surface area (Å²) >= 11 is 5.68. The molecule has 0 radical (unpaired) electrons. The van der Waals surface area contributed by atoms with Gasteiger partial charge in [-0.15, -0.1) is 0 Å². The summed E-state index contributed by atoms with van der Waals surface area (Å²) < 4.78 is 38.7. The number of likely N-dealkylation sites (tertiary alicyclic amines) is 1. The molecule has 1 aromatic heterocycles. The Morgan fingerprint density at radius 2 is 1.72 bits per heavy atom. The van der Waals surface area contributed by atoms with E-state index in [1.165, 1.54) is 0 Å². The maximum atomic E-state index is 13.3. The van der Waals surface area contributed by atoms with Crippen molar-refractivity contribution in [2.45, 2.75) is 83.9 Å². The molecule has 9 heteroatoms. The predicted octanol–water partition coefficient (Wildman–Crippen LogP) is 7.84. The van der Waals surface area contributed by atoms with Gasteiger partial charge in [-0.05, 0) is 94.3 Å². The first-order valence-electron chi connectivity index (χ1n) is 14.1. The molecule has 3 aliphatic rings. The van der Waals surface area contributed by atoms with E-state index >= 15 is 0 Å². The average Bonchev–Trinajstić information content (AvgIpc) is 3.47. The number of hydrogen-bond donors (Lipinski definition) is 1. The van der Waals surface area contributed by atoms with Gasteiger partial charge in [0.25, 0.3) is 6.43 Å². The van der Waals surface area contributed by atoms with Gasteiger partial charge >= 0.3 is 0 Å². The summed E-state index contributed by atoms with van der Waals surface area (Å²) in [6.07, 6.45) is 5.35. The van der Waals surface area contributed by atoms with Crippen molar-refractivity contribution in [2.75, 3.05) is 25.5 Å². The second kappa shape index (κ2) is 16.0. The van der Waals surface area contributed by atoms with Gasteiger partial charge in [0, 0.05) is 47.7 Å². The molecule has 1 saturated heterocycles. The normalized spacial score (nSPS) is 21.7. The van der Waals surface area contributed by atoms with Crippen LogP contribution in [-0.2, 0) is 6.42 Å². The van der Waals surface area contributed by atoms with Gasteiger partial charge in [0.15, 0.2) is 0 Å². The second-order valence-electron chi connectivity index (χ2n) is 10.0. The lowest BCUT2D eigenvalue weighted by Gasteiger charge is -2.39. The largest absolute Gasteiger partial charge is 0.388 e. The summed E-state index contributed by atoms with van der Waals surface area (Å²) in [5.41, 5.74) is 3.23. The summed E-state index contributed by atoms with van der Waals surface area (Å²) in [4.78, 5) is 7.08. The zero-order chi connectivity index (χ0) is 28.2. The molecule has 2 aromatic rings. The van der Waals surface area contributed by atoms with E-state index in [9.17, 15) is 13.2 Å². The Hall–Kier alpha value is -2.45. The van der Waals surface area contributed by atoms with Crippen LogP contribution in [0.1, 0.15) is 70.1 Å². The molecule has 1 N–H and O–H groups in total. The third-order valence-corrected chi connectivity index (χ3v) is 7.70. The van der Waals surface area contributed by atoms with Crippen molar-refractivity contribution in [3.63, 3.8) is 0 Å². The van der Waals surface area contributed by atoms with Crippen molar-refractivity contribution in [3.05, 3.63) is 58.9 Å². The Labute approximate surface area is 236 Å². The van der Waals surface area contributed by atoms with Gasteiger partial charge in [-0.3, -0.25) is 4.98 Å². The minimum Gasteiger partial charge on any atom is -0.388 e. The van der Waals surface area contributed by atoms with E-state index in [2.05, 4.69) is 25.4 Å². The summed E-state index contributed by atoms with van der Waals surface area (Å²) in [6.45, 7) is 6.18. The summed E-state index contributed by atoms with van der Waals surface area (Å²) in [5.74, 6) is 0.615. The van der Waals surface area contributed by atoms with Crippen LogP contribution in [0.15, 0.2) is 52.8 Å². The lowest BCUT2D eigenvalue weighted by molar-refractivity contribution is 0.0854. The van der Waals surface area contributed by atoms with Gasteiger partial charge in [0.1, 0.15) is 11.9 Å². The standard InChI is InChI=1S/C21H27F3N4.C7H8ClN.C2H6/c22-16-2-5-18(6-3-16)28-9-7-14(8-10-28)11-17-4-1-15(13-25-17)19-12-20(21(23)24)27-26-19;1-9-7-4-2-3-6(8)5-7;1-2/h1,4,13-14,16,18,21H,2-3,5-12H2;2-5,9H,1H3;1-2H3. The van der Waals surface area contributed by atoms with Crippen molar-refractivity contribution >= 4 is 28.7 Å². The molecule has 3 heterocycles. The van der Waals surface area contributed by atoms with Gasteiger partial charge in [-0.25, -0.2) is 13.2 Å². The Morgan fingerprint density at radius 3 is 2.26 bits per heavy atom. The first kappa shape index (κ1) is 31.1. The molecule has 1 aliphatic carbocycles. The van der Waals surface area contributed by atoms with Gasteiger partial charge < -0.3 is 10.2 Å². The van der Waals surface area contributed by atoms with Crippen LogP contribution in [0, 0.1) is 5.92 Å². The fourth-order valence-electron chi connectivity index (χ4n) is 5.23. The maximum Gasteiger partial charge on any atom is 0.278 e. The molecule has 1 aromatic carbocycles. The zero-order valence-electron chi connectivity index (χ0n) is 23.2. The highest BCUT2D eigenvalue weighted by Crippen LogP contribution is 2.29. The van der Waals surface area contributed by atoms with E-state index in [1.54, 1.807) is 6.20 Å². The first-order chi connectivity index (χ1) is 18.9. The molecule has 0 unspecified atom stereocenters. The first-order valence-corrected chi connectivity index (χ1v) is 14.5. The minimum atomic E-state index is -2.55. The Kier molecular flexibility index (Phi) is 12.7. The van der Waals surface area contributed by atoms with Crippen LogP contribution in [0.5, 0.6) is 0 Å². The van der Waals surface area contributed by atoms with E-state index in [1.807, 2.05) is 57.3 Å². The quantitative estimate of drug-likeness (QED) is 0.389. The molecule has 0 atom stereocenters. The molecular weight excluding hydrogens is 523 g/mol. The molecule has 0 spiro atoms. The van der Waals surface area contributed by atoms with Gasteiger partial charge in [-0.1, -0.05) is 31.5 Å². The molecule has 2 fully saturated rings. The number of hydrogen-bond acceptors (Lipinski definition) is 5. The second-order valence-corrected chi connectivity index (χ2v) is 10.4. The highest BCUT2D eigenvalue weighted by atomic mass is 35.5. The zero-order valence-corrected chi connectivity index (χ0v) is 24.0. The number of piperidine rings is 1. The smallest absolute Gasteiger partial charge is 0.278 e. The third kappa shape index (κ3) is 9.60. The van der Waals surface area contributed by atoms with Crippen LogP contribution in [0.4, 0.5) is 18.9 Å². The number of halogens is 4. The summed E-state index contributed by atoms with van der Waals surface area (Å²) in [6, 6.07) is 12.1. The number of nitrogens with one attached hydrogen (secondary N) is 1. The topological polar surface area (TPSA) is 52.9 Å². The van der Waals surface area contributed by atoms with Crippen LogP contribution in [0.2, 0.25) is 5.02 Å². The number of anilines is 1.